The van der Waals surface area contributed by atoms with Gasteiger partial charge in [0.25, 0.3) is 0 Å². The van der Waals surface area contributed by atoms with E-state index in [9.17, 15) is 18.0 Å². The topological polar surface area (TPSA) is 17.1 Å². The van der Waals surface area contributed by atoms with Crippen LogP contribution in [0, 0.1) is 5.92 Å². The van der Waals surface area contributed by atoms with E-state index in [2.05, 4.69) is 0 Å². The molecule has 1 atom stereocenters. The van der Waals surface area contributed by atoms with Crippen LogP contribution in [-0.4, -0.2) is 12.0 Å². The van der Waals surface area contributed by atoms with Gasteiger partial charge >= 0.3 is 6.18 Å². The molecule has 0 aliphatic heterocycles. The first-order valence-corrected chi connectivity index (χ1v) is 9.12. The summed E-state index contributed by atoms with van der Waals surface area (Å²) < 4.78 is 37.8. The molecule has 0 amide bonds. The minimum atomic E-state index is -4.34. The van der Waals surface area contributed by atoms with Crippen LogP contribution in [0.5, 0.6) is 0 Å². The van der Waals surface area contributed by atoms with Gasteiger partial charge in [0.05, 0.1) is 5.56 Å². The predicted molar refractivity (Wildman–Crippen MR) is 96.8 cm³/mol. The molecule has 0 saturated heterocycles. The fourth-order valence-electron chi connectivity index (χ4n) is 2.47. The minimum absolute atomic E-state index is 0.0237. The Kier molecular flexibility index (Phi) is 6.48. The second kappa shape index (κ2) is 8.39. The summed E-state index contributed by atoms with van der Waals surface area (Å²) in [4.78, 5) is 13.7. The lowest BCUT2D eigenvalue weighted by Gasteiger charge is -2.12. The van der Waals surface area contributed by atoms with E-state index >= 15 is 0 Å². The van der Waals surface area contributed by atoms with E-state index in [1.807, 2.05) is 37.4 Å². The number of carbonyl (C=O) groups excluding carboxylic acids is 1. The third kappa shape index (κ3) is 4.98. The Balaban J connectivity index is 2.18. The number of halogens is 3. The molecule has 0 aliphatic rings. The lowest BCUT2D eigenvalue weighted by Crippen LogP contribution is -2.12. The number of allylic oxidation sites excluding steroid dienone is 1. The van der Waals surface area contributed by atoms with Crippen LogP contribution in [0.2, 0.25) is 0 Å². The fourth-order valence-corrected chi connectivity index (χ4v) is 3.07. The van der Waals surface area contributed by atoms with Gasteiger partial charge in [-0.15, -0.1) is 11.8 Å². The van der Waals surface area contributed by atoms with Gasteiger partial charge in [0.2, 0.25) is 0 Å². The van der Waals surface area contributed by atoms with Gasteiger partial charge in [-0.25, -0.2) is 0 Å². The molecule has 132 valence electrons. The van der Waals surface area contributed by atoms with E-state index in [1.165, 1.54) is 23.9 Å². The molecule has 2 aromatic carbocycles. The van der Waals surface area contributed by atoms with E-state index < -0.39 is 11.7 Å². The van der Waals surface area contributed by atoms with Crippen molar-refractivity contribution in [1.82, 2.24) is 0 Å². The number of alkyl halides is 3. The van der Waals surface area contributed by atoms with Gasteiger partial charge in [-0.1, -0.05) is 49.4 Å². The van der Waals surface area contributed by atoms with Crippen molar-refractivity contribution in [2.45, 2.75) is 24.4 Å². The van der Waals surface area contributed by atoms with Gasteiger partial charge in [-0.2, -0.15) is 13.2 Å². The van der Waals surface area contributed by atoms with Crippen LogP contribution in [0.4, 0.5) is 13.2 Å². The van der Waals surface area contributed by atoms with Crippen LogP contribution in [0.1, 0.15) is 34.8 Å². The average molecular weight is 364 g/mol. The number of hydrogen-bond acceptors (Lipinski definition) is 2. The van der Waals surface area contributed by atoms with E-state index in [1.54, 1.807) is 12.2 Å². The normalized spacial score (nSPS) is 13.2. The minimum Gasteiger partial charge on any atom is -0.293 e. The molecule has 2 aromatic rings. The highest BCUT2D eigenvalue weighted by atomic mass is 32.2. The first kappa shape index (κ1) is 19.3. The Morgan fingerprint density at radius 2 is 1.76 bits per heavy atom. The maximum absolute atomic E-state index is 12.7. The van der Waals surface area contributed by atoms with Gasteiger partial charge in [0.1, 0.15) is 0 Å². The monoisotopic (exact) mass is 364 g/mol. The van der Waals surface area contributed by atoms with Crippen molar-refractivity contribution in [2.24, 2.45) is 5.92 Å². The summed E-state index contributed by atoms with van der Waals surface area (Å²) in [5.41, 5.74) is 0.637. The van der Waals surface area contributed by atoms with Gasteiger partial charge in [-0.3, -0.25) is 4.79 Å². The number of ketones is 1. The third-order valence-corrected chi connectivity index (χ3v) is 4.70. The standard InChI is InChI=1S/C20H19F3OS/c1-3-15(19(24)17-6-4-5-7-18(17)25-2)11-8-14-9-12-16(13-10-14)20(21,22)23/h4-13,15H,3H2,1-2H3/b11-8+/t15-/m0/s1. The molecule has 0 N–H and O–H groups in total. The van der Waals surface area contributed by atoms with Crippen LogP contribution in [0.25, 0.3) is 6.08 Å². The number of Topliss-reactive ketones (excluding diaryl/α,β-unsaturated/α-hetero) is 1. The van der Waals surface area contributed by atoms with E-state index in [-0.39, 0.29) is 11.7 Å². The van der Waals surface area contributed by atoms with Crippen molar-refractivity contribution in [3.8, 4) is 0 Å². The Morgan fingerprint density at radius 3 is 2.32 bits per heavy atom. The summed E-state index contributed by atoms with van der Waals surface area (Å²) in [6, 6.07) is 12.4. The van der Waals surface area contributed by atoms with Crippen LogP contribution >= 0.6 is 11.8 Å². The fraction of sp³-hybridized carbons (Fsp3) is 0.250. The lowest BCUT2D eigenvalue weighted by molar-refractivity contribution is -0.137. The second-order valence-corrected chi connectivity index (χ2v) is 6.41. The molecule has 0 unspecified atom stereocenters. The number of thioether (sulfide) groups is 1. The molecule has 5 heteroatoms. The highest BCUT2D eigenvalue weighted by Crippen LogP contribution is 2.29. The van der Waals surface area contributed by atoms with Crippen molar-refractivity contribution in [3.05, 3.63) is 71.3 Å². The molecule has 0 fully saturated rings. The predicted octanol–water partition coefficient (Wildman–Crippen LogP) is 6.35. The smallest absolute Gasteiger partial charge is 0.293 e. The summed E-state index contributed by atoms with van der Waals surface area (Å²) in [5.74, 6) is -0.286. The molecule has 0 radical (unpaired) electrons. The summed E-state index contributed by atoms with van der Waals surface area (Å²) in [5, 5.41) is 0. The molecule has 1 nitrogen and oxygen atoms in total. The summed E-state index contributed by atoms with van der Waals surface area (Å²) in [6.45, 7) is 1.92. The van der Waals surface area contributed by atoms with Gasteiger partial charge in [-0.05, 0) is 36.4 Å². The third-order valence-electron chi connectivity index (χ3n) is 3.91. The number of rotatable bonds is 6. The van der Waals surface area contributed by atoms with Crippen molar-refractivity contribution < 1.29 is 18.0 Å². The molecule has 25 heavy (non-hydrogen) atoms. The highest BCUT2D eigenvalue weighted by molar-refractivity contribution is 7.98. The zero-order valence-corrected chi connectivity index (χ0v) is 14.8. The van der Waals surface area contributed by atoms with Crippen LogP contribution in [0.15, 0.2) is 59.5 Å². The van der Waals surface area contributed by atoms with E-state index in [0.29, 0.717) is 17.5 Å². The Morgan fingerprint density at radius 1 is 1.12 bits per heavy atom. The number of carbonyl (C=O) groups is 1. The molecule has 0 aromatic heterocycles. The molecular weight excluding hydrogens is 345 g/mol. The van der Waals surface area contributed by atoms with Crippen molar-refractivity contribution in [1.29, 1.82) is 0 Å². The summed E-state index contributed by atoms with van der Waals surface area (Å²) >= 11 is 1.52. The molecule has 0 aliphatic carbocycles. The molecule has 0 spiro atoms. The average Bonchev–Trinajstić information content (AvgIpc) is 2.61. The maximum atomic E-state index is 12.7. The Labute approximate surface area is 149 Å². The summed E-state index contributed by atoms with van der Waals surface area (Å²) in [6.07, 6.45) is 1.67. The second-order valence-electron chi connectivity index (χ2n) is 5.56. The quantitative estimate of drug-likeness (QED) is 0.439. The van der Waals surface area contributed by atoms with Crippen LogP contribution < -0.4 is 0 Å². The van der Waals surface area contributed by atoms with E-state index in [4.69, 9.17) is 0 Å². The van der Waals surface area contributed by atoms with Gasteiger partial charge in [0, 0.05) is 16.4 Å². The summed E-state index contributed by atoms with van der Waals surface area (Å²) in [7, 11) is 0. The van der Waals surface area contributed by atoms with Crippen LogP contribution in [0.3, 0.4) is 0 Å². The van der Waals surface area contributed by atoms with Gasteiger partial charge < -0.3 is 0 Å². The van der Waals surface area contributed by atoms with E-state index in [0.717, 1.165) is 17.0 Å². The van der Waals surface area contributed by atoms with Crippen molar-refractivity contribution in [3.63, 3.8) is 0 Å². The largest absolute Gasteiger partial charge is 0.416 e. The molecular formula is C20H19F3OS. The van der Waals surface area contributed by atoms with Crippen LogP contribution in [-0.2, 0) is 6.18 Å². The van der Waals surface area contributed by atoms with Crippen molar-refractivity contribution >= 4 is 23.6 Å². The zero-order chi connectivity index (χ0) is 18.4. The first-order chi connectivity index (χ1) is 11.9. The Bertz CT molecular complexity index is 748. The zero-order valence-electron chi connectivity index (χ0n) is 14.0. The molecule has 2 rings (SSSR count). The number of hydrogen-bond donors (Lipinski definition) is 0. The number of benzene rings is 2. The molecule has 0 heterocycles. The molecule has 0 saturated carbocycles. The highest BCUT2D eigenvalue weighted by Gasteiger charge is 2.29. The first-order valence-electron chi connectivity index (χ1n) is 7.89. The Hall–Kier alpha value is -2.01. The van der Waals surface area contributed by atoms with Crippen molar-refractivity contribution in [2.75, 3.05) is 6.26 Å². The van der Waals surface area contributed by atoms with Gasteiger partial charge in [0.15, 0.2) is 5.78 Å². The lowest BCUT2D eigenvalue weighted by atomic mass is 9.94. The SMILES string of the molecule is CC[C@@H](/C=C/c1ccc(C(F)(F)F)cc1)C(=O)c1ccccc1SC. The maximum Gasteiger partial charge on any atom is 0.416 e. The molecule has 0 bridgehead atoms.